The molecule has 3 nitrogen and oxygen atoms in total. The molecule has 0 saturated heterocycles. The van der Waals surface area contributed by atoms with E-state index in [9.17, 15) is 0 Å². The predicted octanol–water partition coefficient (Wildman–Crippen LogP) is 8.97. The van der Waals surface area contributed by atoms with Gasteiger partial charge in [-0.05, 0) is 67.0 Å². The van der Waals surface area contributed by atoms with Crippen molar-refractivity contribution in [1.29, 1.82) is 0 Å². The molecular formula is C30H26N2OS. The van der Waals surface area contributed by atoms with E-state index in [4.69, 9.17) is 14.9 Å². The molecule has 0 aliphatic carbocycles. The Kier molecular flexibility index (Phi) is 3.89. The van der Waals surface area contributed by atoms with Crippen LogP contribution < -0.4 is 0 Å². The largest absolute Gasteiger partial charge is 0.455 e. The number of thiazole rings is 1. The van der Waals surface area contributed by atoms with E-state index in [-0.39, 0.29) is 5.01 Å². The third-order valence-corrected chi connectivity index (χ3v) is 7.31. The summed E-state index contributed by atoms with van der Waals surface area (Å²) < 4.78 is 39.2. The summed E-state index contributed by atoms with van der Waals surface area (Å²) in [4.78, 5) is 9.21. The fraction of sp³-hybridized carbons (Fsp3) is 0.200. The molecule has 0 unspecified atom stereocenters. The van der Waals surface area contributed by atoms with Crippen molar-refractivity contribution in [1.82, 2.24) is 9.97 Å². The lowest BCUT2D eigenvalue weighted by molar-refractivity contribution is 0.670. The van der Waals surface area contributed by atoms with Crippen molar-refractivity contribution >= 4 is 43.5 Å². The van der Waals surface area contributed by atoms with Gasteiger partial charge < -0.3 is 4.42 Å². The number of hydrogen-bond acceptors (Lipinski definition) is 4. The van der Waals surface area contributed by atoms with Crippen LogP contribution in [0.15, 0.2) is 65.2 Å². The highest BCUT2D eigenvalue weighted by Gasteiger charge is 2.18. The number of hydrogen-bond donors (Lipinski definition) is 0. The standard InChI is InChI=1S/C30H26N2OS/c1-16(2)22-12-25(31-15-24(22)29-17(3)8-6-9-18(29)4)21-11-7-10-20-23-13-28-26(32-19(5)34-28)14-27(23)33-30(20)21/h6-16H,1-5H3/i5D3,16D. The first-order valence-corrected chi connectivity index (χ1v) is 12.1. The van der Waals surface area contributed by atoms with Crippen molar-refractivity contribution in [3.05, 3.63) is 82.5 Å². The van der Waals surface area contributed by atoms with Gasteiger partial charge in [-0.3, -0.25) is 4.98 Å². The molecule has 168 valence electrons. The Bertz CT molecular complexity index is 1860. The summed E-state index contributed by atoms with van der Waals surface area (Å²) in [6.45, 7) is 5.74. The van der Waals surface area contributed by atoms with Gasteiger partial charge in [0, 0.05) is 39.6 Å². The van der Waals surface area contributed by atoms with Crippen LogP contribution in [-0.2, 0) is 0 Å². The number of benzene rings is 3. The Morgan fingerprint density at radius 3 is 2.53 bits per heavy atom. The Labute approximate surface area is 208 Å². The number of rotatable bonds is 3. The number of furan rings is 1. The summed E-state index contributed by atoms with van der Waals surface area (Å²) >= 11 is 1.19. The molecule has 0 radical (unpaired) electrons. The van der Waals surface area contributed by atoms with E-state index in [2.05, 4.69) is 31.0 Å². The summed E-state index contributed by atoms with van der Waals surface area (Å²) in [6, 6.07) is 18.0. The van der Waals surface area contributed by atoms with Crippen molar-refractivity contribution in [2.75, 3.05) is 0 Å². The van der Waals surface area contributed by atoms with Crippen LogP contribution in [0.2, 0.25) is 0 Å². The van der Waals surface area contributed by atoms with Crippen LogP contribution in [0.25, 0.3) is 54.5 Å². The van der Waals surface area contributed by atoms with E-state index in [1.807, 2.05) is 62.5 Å². The van der Waals surface area contributed by atoms with Crippen LogP contribution in [-0.4, -0.2) is 9.97 Å². The summed E-state index contributed by atoms with van der Waals surface area (Å²) in [6.07, 6.45) is 1.88. The van der Waals surface area contributed by atoms with E-state index >= 15 is 0 Å². The van der Waals surface area contributed by atoms with Gasteiger partial charge in [-0.2, -0.15) is 0 Å². The molecule has 6 rings (SSSR count). The van der Waals surface area contributed by atoms with E-state index in [0.29, 0.717) is 16.7 Å². The van der Waals surface area contributed by atoms with Gasteiger partial charge in [0.25, 0.3) is 0 Å². The molecular weight excluding hydrogens is 436 g/mol. The second-order valence-corrected chi connectivity index (χ2v) is 10.0. The van der Waals surface area contributed by atoms with Gasteiger partial charge in [-0.15, -0.1) is 11.3 Å². The zero-order valence-corrected chi connectivity index (χ0v) is 20.3. The Hall–Kier alpha value is -3.50. The minimum Gasteiger partial charge on any atom is -0.455 e. The van der Waals surface area contributed by atoms with Crippen LogP contribution in [0, 0.1) is 20.7 Å². The van der Waals surface area contributed by atoms with E-state index in [0.717, 1.165) is 54.5 Å². The van der Waals surface area contributed by atoms with Crippen LogP contribution in [0.3, 0.4) is 0 Å². The molecule has 0 saturated carbocycles. The number of fused-ring (bicyclic) bond motifs is 4. The molecule has 3 aromatic heterocycles. The maximum atomic E-state index is 8.94. The molecule has 0 aliphatic heterocycles. The number of para-hydroxylation sites is 1. The maximum Gasteiger partial charge on any atom is 0.144 e. The van der Waals surface area contributed by atoms with Crippen LogP contribution in [0.1, 0.15) is 46.9 Å². The minimum atomic E-state index is -2.24. The lowest BCUT2D eigenvalue weighted by atomic mass is 9.88. The fourth-order valence-corrected chi connectivity index (χ4v) is 5.61. The summed E-state index contributed by atoms with van der Waals surface area (Å²) in [5.74, 6) is -0.847. The van der Waals surface area contributed by atoms with Gasteiger partial charge >= 0.3 is 0 Å². The van der Waals surface area contributed by atoms with Crippen molar-refractivity contribution in [3.8, 4) is 22.4 Å². The van der Waals surface area contributed by atoms with Crippen LogP contribution in [0.5, 0.6) is 0 Å². The molecule has 0 N–H and O–H groups in total. The first-order valence-electron chi connectivity index (χ1n) is 13.3. The molecule has 0 fully saturated rings. The van der Waals surface area contributed by atoms with Crippen molar-refractivity contribution < 1.29 is 9.90 Å². The number of nitrogens with zero attached hydrogens (tertiary/aromatic N) is 2. The molecule has 0 bridgehead atoms. The summed E-state index contributed by atoms with van der Waals surface area (Å²) in [5.41, 5.74) is 8.84. The zero-order chi connectivity index (χ0) is 27.0. The average Bonchev–Trinajstić information content (AvgIpc) is 3.42. The zero-order valence-electron chi connectivity index (χ0n) is 23.5. The lowest BCUT2D eigenvalue weighted by Crippen LogP contribution is -1.99. The summed E-state index contributed by atoms with van der Waals surface area (Å²) in [5, 5.41) is 1.96. The number of aromatic nitrogens is 2. The maximum absolute atomic E-state index is 8.94. The van der Waals surface area contributed by atoms with Crippen LogP contribution in [0.4, 0.5) is 0 Å². The fourth-order valence-electron chi connectivity index (χ4n) is 4.88. The molecule has 3 aromatic carbocycles. The topological polar surface area (TPSA) is 38.9 Å². The number of aryl methyl sites for hydroxylation is 3. The van der Waals surface area contributed by atoms with Gasteiger partial charge in [-0.1, -0.05) is 44.2 Å². The summed E-state index contributed by atoms with van der Waals surface area (Å²) in [7, 11) is 0. The van der Waals surface area contributed by atoms with Crippen LogP contribution >= 0.6 is 11.3 Å². The highest BCUT2D eigenvalue weighted by atomic mass is 32.1. The Balaban J connectivity index is 1.56. The normalized spacial score (nSPS) is 14.4. The SMILES string of the molecule is [2H]C([2H])([2H])c1nc2cc3oc4c(-c5cc(C([2H])(C)C)c(-c6c(C)cccc6C)cn5)cccc4c3cc2s1. The predicted molar refractivity (Wildman–Crippen MR) is 144 cm³/mol. The number of pyridine rings is 1. The first kappa shape index (κ1) is 17.0. The van der Waals surface area contributed by atoms with E-state index in [1.165, 1.54) is 11.3 Å². The third kappa shape index (κ3) is 3.24. The second kappa shape index (κ2) is 7.78. The highest BCUT2D eigenvalue weighted by Crippen LogP contribution is 2.40. The average molecular weight is 467 g/mol. The lowest BCUT2D eigenvalue weighted by Gasteiger charge is -2.18. The molecule has 4 heteroatoms. The van der Waals surface area contributed by atoms with E-state index in [1.54, 1.807) is 0 Å². The van der Waals surface area contributed by atoms with Gasteiger partial charge in [0.1, 0.15) is 11.2 Å². The Morgan fingerprint density at radius 1 is 0.971 bits per heavy atom. The molecule has 0 spiro atoms. The van der Waals surface area contributed by atoms with E-state index < -0.39 is 12.7 Å². The molecule has 3 heterocycles. The molecule has 0 atom stereocenters. The quantitative estimate of drug-likeness (QED) is 0.261. The van der Waals surface area contributed by atoms with Crippen molar-refractivity contribution in [2.24, 2.45) is 0 Å². The van der Waals surface area contributed by atoms with Crippen molar-refractivity contribution in [3.63, 3.8) is 0 Å². The van der Waals surface area contributed by atoms with Gasteiger partial charge in [0.2, 0.25) is 0 Å². The highest BCUT2D eigenvalue weighted by molar-refractivity contribution is 7.18. The molecule has 0 aliphatic rings. The monoisotopic (exact) mass is 466 g/mol. The first-order chi connectivity index (χ1) is 17.9. The van der Waals surface area contributed by atoms with Gasteiger partial charge in [0.15, 0.2) is 0 Å². The molecule has 0 amide bonds. The van der Waals surface area contributed by atoms with Gasteiger partial charge in [0.05, 0.1) is 20.9 Å². The Morgan fingerprint density at radius 2 is 1.76 bits per heavy atom. The second-order valence-electron chi connectivity index (χ2n) is 9.00. The molecule has 6 aromatic rings. The van der Waals surface area contributed by atoms with Gasteiger partial charge in [-0.25, -0.2) is 4.98 Å². The molecule has 34 heavy (non-hydrogen) atoms. The smallest absolute Gasteiger partial charge is 0.144 e. The minimum absolute atomic E-state index is 0.129. The van der Waals surface area contributed by atoms with Crippen molar-refractivity contribution in [2.45, 2.75) is 40.4 Å². The third-order valence-electron chi connectivity index (χ3n) is 6.48.